The number of rotatable bonds is 4. The van der Waals surface area contributed by atoms with Crippen molar-refractivity contribution in [3.63, 3.8) is 0 Å². The van der Waals surface area contributed by atoms with Gasteiger partial charge in [-0.3, -0.25) is 5.32 Å². The van der Waals surface area contributed by atoms with Gasteiger partial charge in [0.05, 0.1) is 5.56 Å². The number of thiophene rings is 1. The molecule has 6 heteroatoms. The summed E-state index contributed by atoms with van der Waals surface area (Å²) in [4.78, 5) is 24.9. The average Bonchev–Trinajstić information content (AvgIpc) is 2.65. The van der Waals surface area contributed by atoms with E-state index in [1.165, 1.54) is 11.3 Å². The summed E-state index contributed by atoms with van der Waals surface area (Å²) < 4.78 is 5.35. The van der Waals surface area contributed by atoms with Gasteiger partial charge in [-0.25, -0.2) is 9.59 Å². The molecule has 0 unspecified atom stereocenters. The van der Waals surface area contributed by atoms with Gasteiger partial charge in [-0.15, -0.1) is 11.3 Å². The molecule has 5 nitrogen and oxygen atoms in total. The molecule has 0 spiro atoms. The zero-order valence-electron chi connectivity index (χ0n) is 13.5. The van der Waals surface area contributed by atoms with E-state index in [0.717, 1.165) is 4.88 Å². The van der Waals surface area contributed by atoms with Crippen molar-refractivity contribution in [2.45, 2.75) is 47.1 Å². The Morgan fingerprint density at radius 3 is 2.48 bits per heavy atom. The van der Waals surface area contributed by atoms with Crippen LogP contribution in [-0.2, 0) is 4.74 Å². The lowest BCUT2D eigenvalue weighted by molar-refractivity contribution is 0.00712. The molecule has 1 aromatic rings. The number of urea groups is 1. The van der Waals surface area contributed by atoms with Crippen LogP contribution in [-0.4, -0.2) is 24.1 Å². The fraction of sp³-hybridized carbons (Fsp3) is 0.600. The Morgan fingerprint density at radius 1 is 1.33 bits per heavy atom. The highest BCUT2D eigenvalue weighted by molar-refractivity contribution is 7.16. The van der Waals surface area contributed by atoms with Gasteiger partial charge in [-0.2, -0.15) is 0 Å². The zero-order chi connectivity index (χ0) is 16.2. The van der Waals surface area contributed by atoms with E-state index in [1.54, 1.807) is 6.07 Å². The third kappa shape index (κ3) is 6.16. The zero-order valence-corrected chi connectivity index (χ0v) is 14.3. The van der Waals surface area contributed by atoms with Crippen molar-refractivity contribution in [3.8, 4) is 0 Å². The van der Waals surface area contributed by atoms with Crippen molar-refractivity contribution in [1.82, 2.24) is 5.32 Å². The second-order valence-corrected chi connectivity index (χ2v) is 7.59. The minimum atomic E-state index is -0.565. The number of hydrogen-bond acceptors (Lipinski definition) is 4. The number of ether oxygens (including phenoxy) is 1. The standard InChI is InChI=1S/C15H24N2O3S/c1-9(2)8-16-14(19)17-12-11(7-10(3)21-12)13(18)20-15(4,5)6/h7,9H,8H2,1-6H3,(H2,16,17,19). The van der Waals surface area contributed by atoms with Gasteiger partial charge in [0.1, 0.15) is 10.6 Å². The molecular weight excluding hydrogens is 288 g/mol. The predicted octanol–water partition coefficient (Wildman–Crippen LogP) is 3.79. The number of hydrogen-bond donors (Lipinski definition) is 2. The molecule has 1 aromatic heterocycles. The molecular formula is C15H24N2O3S. The average molecular weight is 312 g/mol. The van der Waals surface area contributed by atoms with E-state index < -0.39 is 11.6 Å². The van der Waals surface area contributed by atoms with Crippen molar-refractivity contribution in [3.05, 3.63) is 16.5 Å². The highest BCUT2D eigenvalue weighted by Crippen LogP contribution is 2.29. The molecule has 0 atom stereocenters. The van der Waals surface area contributed by atoms with Crippen molar-refractivity contribution in [2.75, 3.05) is 11.9 Å². The highest BCUT2D eigenvalue weighted by atomic mass is 32.1. The molecule has 0 aliphatic heterocycles. The molecule has 1 rings (SSSR count). The Hall–Kier alpha value is -1.56. The third-order valence-electron chi connectivity index (χ3n) is 2.37. The van der Waals surface area contributed by atoms with E-state index in [2.05, 4.69) is 10.6 Å². The summed E-state index contributed by atoms with van der Waals surface area (Å²) >= 11 is 1.36. The Balaban J connectivity index is 2.80. The van der Waals surface area contributed by atoms with Crippen molar-refractivity contribution in [2.24, 2.45) is 5.92 Å². The van der Waals surface area contributed by atoms with Crippen molar-refractivity contribution >= 4 is 28.3 Å². The van der Waals surface area contributed by atoms with Crippen LogP contribution in [0.3, 0.4) is 0 Å². The molecule has 0 bridgehead atoms. The summed E-state index contributed by atoms with van der Waals surface area (Å²) in [5, 5.41) is 6.00. The molecule has 0 aliphatic rings. The van der Waals surface area contributed by atoms with Gasteiger partial charge >= 0.3 is 12.0 Å². The summed E-state index contributed by atoms with van der Waals surface area (Å²) in [6.07, 6.45) is 0. The van der Waals surface area contributed by atoms with E-state index in [9.17, 15) is 9.59 Å². The number of anilines is 1. The molecule has 0 radical (unpaired) electrons. The van der Waals surface area contributed by atoms with Gasteiger partial charge in [0.25, 0.3) is 0 Å². The third-order valence-corrected chi connectivity index (χ3v) is 3.34. The highest BCUT2D eigenvalue weighted by Gasteiger charge is 2.23. The SMILES string of the molecule is Cc1cc(C(=O)OC(C)(C)C)c(NC(=O)NCC(C)C)s1. The van der Waals surface area contributed by atoms with E-state index in [0.29, 0.717) is 23.0 Å². The van der Waals surface area contributed by atoms with Crippen LogP contribution >= 0.6 is 11.3 Å². The molecule has 21 heavy (non-hydrogen) atoms. The van der Waals surface area contributed by atoms with Crippen LogP contribution in [0.25, 0.3) is 0 Å². The topological polar surface area (TPSA) is 67.4 Å². The van der Waals surface area contributed by atoms with E-state index in [-0.39, 0.29) is 6.03 Å². The molecule has 118 valence electrons. The lowest BCUT2D eigenvalue weighted by Gasteiger charge is -2.19. The second kappa shape index (κ2) is 6.93. The maximum absolute atomic E-state index is 12.2. The molecule has 2 amide bonds. The van der Waals surface area contributed by atoms with Crippen LogP contribution in [0.1, 0.15) is 49.9 Å². The fourth-order valence-corrected chi connectivity index (χ4v) is 2.43. The molecule has 0 aromatic carbocycles. The van der Waals surface area contributed by atoms with Crippen LogP contribution < -0.4 is 10.6 Å². The van der Waals surface area contributed by atoms with Crippen LogP contribution in [0.2, 0.25) is 0 Å². The van der Waals surface area contributed by atoms with Crippen molar-refractivity contribution < 1.29 is 14.3 Å². The molecule has 0 saturated carbocycles. The lowest BCUT2D eigenvalue weighted by Crippen LogP contribution is -2.32. The van der Waals surface area contributed by atoms with Crippen LogP contribution in [0.15, 0.2) is 6.07 Å². The van der Waals surface area contributed by atoms with Gasteiger partial charge in [-0.1, -0.05) is 13.8 Å². The van der Waals surface area contributed by atoms with Crippen LogP contribution in [0.4, 0.5) is 9.80 Å². The quantitative estimate of drug-likeness (QED) is 0.831. The van der Waals surface area contributed by atoms with E-state index in [1.807, 2.05) is 41.5 Å². The van der Waals surface area contributed by atoms with E-state index >= 15 is 0 Å². The van der Waals surface area contributed by atoms with Gasteiger partial charge in [0.15, 0.2) is 0 Å². The van der Waals surface area contributed by atoms with Gasteiger partial charge < -0.3 is 10.1 Å². The summed E-state index contributed by atoms with van der Waals surface area (Å²) in [5.74, 6) is -0.0582. The first kappa shape index (κ1) is 17.5. The molecule has 1 heterocycles. The number of aryl methyl sites for hydroxylation is 1. The van der Waals surface area contributed by atoms with Gasteiger partial charge in [0.2, 0.25) is 0 Å². The molecule has 0 saturated heterocycles. The minimum Gasteiger partial charge on any atom is -0.456 e. The first-order valence-corrected chi connectivity index (χ1v) is 7.79. The van der Waals surface area contributed by atoms with Crippen molar-refractivity contribution in [1.29, 1.82) is 0 Å². The van der Waals surface area contributed by atoms with Crippen LogP contribution in [0, 0.1) is 12.8 Å². The summed E-state index contributed by atoms with van der Waals surface area (Å²) in [7, 11) is 0. The summed E-state index contributed by atoms with van der Waals surface area (Å²) in [6, 6.07) is 1.42. The molecule has 0 fully saturated rings. The monoisotopic (exact) mass is 312 g/mol. The predicted molar refractivity (Wildman–Crippen MR) is 86.1 cm³/mol. The first-order valence-electron chi connectivity index (χ1n) is 6.97. The van der Waals surface area contributed by atoms with Gasteiger partial charge in [0, 0.05) is 11.4 Å². The van der Waals surface area contributed by atoms with Crippen LogP contribution in [0.5, 0.6) is 0 Å². The maximum atomic E-state index is 12.2. The van der Waals surface area contributed by atoms with E-state index in [4.69, 9.17) is 4.74 Å². The minimum absolute atomic E-state index is 0.310. The molecule has 0 aliphatic carbocycles. The Kier molecular flexibility index (Phi) is 5.78. The Bertz CT molecular complexity index is 515. The second-order valence-electron chi connectivity index (χ2n) is 6.33. The summed E-state index contributed by atoms with van der Waals surface area (Å²) in [5.41, 5.74) is -0.170. The maximum Gasteiger partial charge on any atom is 0.341 e. The normalized spacial score (nSPS) is 11.4. The number of amides is 2. The number of carbonyl (C=O) groups is 2. The number of nitrogens with one attached hydrogen (secondary N) is 2. The molecule has 2 N–H and O–H groups in total. The summed E-state index contributed by atoms with van der Waals surface area (Å²) in [6.45, 7) is 11.9. The largest absolute Gasteiger partial charge is 0.456 e. The lowest BCUT2D eigenvalue weighted by atomic mass is 10.2. The van der Waals surface area contributed by atoms with Gasteiger partial charge in [-0.05, 0) is 39.7 Å². The number of carbonyl (C=O) groups excluding carboxylic acids is 2. The first-order chi connectivity index (χ1) is 9.58. The Labute approximate surface area is 130 Å². The fourth-order valence-electron chi connectivity index (χ4n) is 1.54. The Morgan fingerprint density at radius 2 is 1.95 bits per heavy atom. The smallest absolute Gasteiger partial charge is 0.341 e. The number of esters is 1.